The van der Waals surface area contributed by atoms with E-state index in [4.69, 9.17) is 5.73 Å². The molecule has 0 radical (unpaired) electrons. The topological polar surface area (TPSA) is 79.2 Å². The molecule has 0 unspecified atom stereocenters. The second kappa shape index (κ2) is 4.75. The van der Waals surface area contributed by atoms with Crippen LogP contribution in [0, 0.1) is 0 Å². The van der Waals surface area contributed by atoms with Gasteiger partial charge in [0.15, 0.2) is 0 Å². The van der Waals surface area contributed by atoms with Crippen LogP contribution in [0.15, 0.2) is 47.3 Å². The summed E-state index contributed by atoms with van der Waals surface area (Å²) in [6.45, 7) is 0. The largest absolute Gasteiger partial charge is 0.399 e. The third-order valence-corrected chi connectivity index (χ3v) is 2.58. The zero-order chi connectivity index (χ0) is 13.1. The van der Waals surface area contributed by atoms with Crippen molar-refractivity contribution in [1.82, 2.24) is 4.98 Å². The van der Waals surface area contributed by atoms with Gasteiger partial charge in [0.25, 0.3) is 5.91 Å². The molecule has 2 aromatic rings. The molecule has 0 aliphatic rings. The van der Waals surface area contributed by atoms with E-state index in [1.807, 2.05) is 0 Å². The first kappa shape index (κ1) is 11.9. The van der Waals surface area contributed by atoms with Crippen LogP contribution in [0.3, 0.4) is 0 Å². The van der Waals surface area contributed by atoms with E-state index in [1.165, 1.54) is 11.0 Å². The number of amides is 1. The molecule has 0 atom stereocenters. The molecule has 1 amide bonds. The minimum atomic E-state index is -0.299. The molecule has 0 aliphatic carbocycles. The molecule has 2 rings (SSSR count). The van der Waals surface area contributed by atoms with E-state index >= 15 is 0 Å². The second-order valence-corrected chi connectivity index (χ2v) is 3.88. The molecule has 5 nitrogen and oxygen atoms in total. The summed E-state index contributed by atoms with van der Waals surface area (Å²) in [5, 5.41) is 0. The molecule has 0 spiro atoms. The average molecular weight is 243 g/mol. The molecule has 0 aliphatic heterocycles. The Labute approximate surface area is 104 Å². The highest BCUT2D eigenvalue weighted by molar-refractivity contribution is 6.04. The van der Waals surface area contributed by atoms with Gasteiger partial charge >= 0.3 is 0 Å². The maximum absolute atomic E-state index is 12.1. The molecule has 1 heterocycles. The molecule has 1 aromatic heterocycles. The van der Waals surface area contributed by atoms with Crippen LogP contribution in [-0.4, -0.2) is 17.9 Å². The number of nitrogens with one attached hydrogen (secondary N) is 1. The molecule has 3 N–H and O–H groups in total. The maximum atomic E-state index is 12.1. The van der Waals surface area contributed by atoms with Crippen LogP contribution < -0.4 is 16.2 Å². The fraction of sp³-hybridized carbons (Fsp3) is 0.0769. The Kier molecular flexibility index (Phi) is 3.14. The van der Waals surface area contributed by atoms with Gasteiger partial charge in [-0.3, -0.25) is 9.59 Å². The molecule has 0 fully saturated rings. The number of carbonyl (C=O) groups excluding carboxylic acids is 1. The molecule has 5 heteroatoms. The zero-order valence-corrected chi connectivity index (χ0v) is 9.88. The Morgan fingerprint density at radius 2 is 1.83 bits per heavy atom. The molecule has 18 heavy (non-hydrogen) atoms. The molecule has 1 aromatic carbocycles. The number of benzene rings is 1. The molecule has 0 saturated heterocycles. The molecule has 92 valence electrons. The average Bonchev–Trinajstić information content (AvgIpc) is 2.38. The summed E-state index contributed by atoms with van der Waals surface area (Å²) in [6.07, 6.45) is 0. The van der Waals surface area contributed by atoms with Crippen LogP contribution in [0.1, 0.15) is 10.5 Å². The smallest absolute Gasteiger partial charge is 0.274 e. The van der Waals surface area contributed by atoms with Crippen molar-refractivity contribution in [3.63, 3.8) is 0 Å². The molecule has 0 bridgehead atoms. The van der Waals surface area contributed by atoms with Crippen LogP contribution in [0.2, 0.25) is 0 Å². The van der Waals surface area contributed by atoms with Gasteiger partial charge in [0.05, 0.1) is 0 Å². The van der Waals surface area contributed by atoms with Gasteiger partial charge in [-0.1, -0.05) is 6.07 Å². The summed E-state index contributed by atoms with van der Waals surface area (Å²) >= 11 is 0. The van der Waals surface area contributed by atoms with Crippen LogP contribution in [0.4, 0.5) is 11.4 Å². The number of nitrogen functional groups attached to an aromatic ring is 1. The van der Waals surface area contributed by atoms with E-state index in [9.17, 15) is 9.59 Å². The SMILES string of the molecule is CN(C(=O)c1cccc(=O)[nH]1)c1ccc(N)cc1. The number of nitrogens with two attached hydrogens (primary N) is 1. The summed E-state index contributed by atoms with van der Waals surface area (Å²) in [6, 6.07) is 11.4. The molecule has 0 saturated carbocycles. The van der Waals surface area contributed by atoms with Gasteiger partial charge in [0, 0.05) is 24.5 Å². The number of anilines is 2. The van der Waals surface area contributed by atoms with E-state index in [2.05, 4.69) is 4.98 Å². The van der Waals surface area contributed by atoms with E-state index in [0.29, 0.717) is 11.4 Å². The van der Waals surface area contributed by atoms with E-state index in [0.717, 1.165) is 0 Å². The van der Waals surface area contributed by atoms with Gasteiger partial charge in [-0.25, -0.2) is 0 Å². The zero-order valence-electron chi connectivity index (χ0n) is 9.88. The highest BCUT2D eigenvalue weighted by Crippen LogP contribution is 2.16. The Morgan fingerprint density at radius 3 is 2.44 bits per heavy atom. The number of hydrogen-bond acceptors (Lipinski definition) is 3. The number of rotatable bonds is 2. The predicted octanol–water partition coefficient (Wildman–Crippen LogP) is 1.23. The number of carbonyl (C=O) groups is 1. The number of aromatic amines is 1. The van der Waals surface area contributed by atoms with Gasteiger partial charge in [-0.05, 0) is 30.3 Å². The third-order valence-electron chi connectivity index (χ3n) is 2.58. The van der Waals surface area contributed by atoms with Crippen molar-refractivity contribution in [3.05, 3.63) is 58.5 Å². The molecular weight excluding hydrogens is 230 g/mol. The predicted molar refractivity (Wildman–Crippen MR) is 70.7 cm³/mol. The number of hydrogen-bond donors (Lipinski definition) is 2. The highest BCUT2D eigenvalue weighted by atomic mass is 16.2. The normalized spacial score (nSPS) is 10.1. The monoisotopic (exact) mass is 243 g/mol. The van der Waals surface area contributed by atoms with Crippen LogP contribution >= 0.6 is 0 Å². The van der Waals surface area contributed by atoms with Crippen LogP contribution in [-0.2, 0) is 0 Å². The lowest BCUT2D eigenvalue weighted by atomic mass is 10.2. The Hall–Kier alpha value is -2.56. The summed E-state index contributed by atoms with van der Waals surface area (Å²) in [4.78, 5) is 27.2. The van der Waals surface area contributed by atoms with Crippen molar-refractivity contribution in [3.8, 4) is 0 Å². The second-order valence-electron chi connectivity index (χ2n) is 3.88. The standard InChI is InChI=1S/C13H13N3O2/c1-16(10-7-5-9(14)6-8-10)13(18)11-3-2-4-12(17)15-11/h2-8H,14H2,1H3,(H,15,17). The van der Waals surface area contributed by atoms with Gasteiger partial charge in [-0.15, -0.1) is 0 Å². The number of H-pyrrole nitrogens is 1. The summed E-state index contributed by atoms with van der Waals surface area (Å²) in [5.41, 5.74) is 6.87. The summed E-state index contributed by atoms with van der Waals surface area (Å²) < 4.78 is 0. The summed E-state index contributed by atoms with van der Waals surface area (Å²) in [7, 11) is 1.64. The maximum Gasteiger partial charge on any atom is 0.274 e. The minimum Gasteiger partial charge on any atom is -0.399 e. The van der Waals surface area contributed by atoms with Crippen molar-refractivity contribution in [2.75, 3.05) is 17.7 Å². The first-order valence-electron chi connectivity index (χ1n) is 5.41. The van der Waals surface area contributed by atoms with Crippen molar-refractivity contribution < 1.29 is 4.79 Å². The highest BCUT2D eigenvalue weighted by Gasteiger charge is 2.13. The lowest BCUT2D eigenvalue weighted by Crippen LogP contribution is -2.28. The van der Waals surface area contributed by atoms with Gasteiger partial charge in [0.2, 0.25) is 5.56 Å². The fourth-order valence-corrected chi connectivity index (χ4v) is 1.57. The quantitative estimate of drug-likeness (QED) is 0.779. The Balaban J connectivity index is 2.29. The summed E-state index contributed by atoms with van der Waals surface area (Å²) in [5.74, 6) is -0.280. The number of nitrogens with zero attached hydrogens (tertiary/aromatic N) is 1. The van der Waals surface area contributed by atoms with Crippen molar-refractivity contribution in [1.29, 1.82) is 0 Å². The lowest BCUT2D eigenvalue weighted by molar-refractivity contribution is 0.0988. The van der Waals surface area contributed by atoms with Crippen molar-refractivity contribution >= 4 is 17.3 Å². The van der Waals surface area contributed by atoms with Crippen LogP contribution in [0.5, 0.6) is 0 Å². The van der Waals surface area contributed by atoms with E-state index in [1.54, 1.807) is 43.4 Å². The molecular formula is C13H13N3O2. The first-order valence-corrected chi connectivity index (χ1v) is 5.41. The van der Waals surface area contributed by atoms with E-state index < -0.39 is 0 Å². The van der Waals surface area contributed by atoms with Gasteiger partial charge in [-0.2, -0.15) is 0 Å². The van der Waals surface area contributed by atoms with Gasteiger partial charge in [0.1, 0.15) is 5.69 Å². The Bertz CT molecular complexity index is 617. The van der Waals surface area contributed by atoms with Crippen LogP contribution in [0.25, 0.3) is 0 Å². The fourth-order valence-electron chi connectivity index (χ4n) is 1.57. The van der Waals surface area contributed by atoms with Crippen molar-refractivity contribution in [2.24, 2.45) is 0 Å². The third kappa shape index (κ3) is 2.40. The number of pyridine rings is 1. The lowest BCUT2D eigenvalue weighted by Gasteiger charge is -2.17. The van der Waals surface area contributed by atoms with E-state index in [-0.39, 0.29) is 17.2 Å². The first-order chi connectivity index (χ1) is 8.58. The number of aromatic nitrogens is 1. The van der Waals surface area contributed by atoms with Crippen molar-refractivity contribution in [2.45, 2.75) is 0 Å². The minimum absolute atomic E-state index is 0.252. The van der Waals surface area contributed by atoms with Gasteiger partial charge < -0.3 is 15.6 Å². The Morgan fingerprint density at radius 1 is 1.17 bits per heavy atom.